The SMILES string of the molecule is CCCCN(C)Cc1cc(O)c2c(c1C(F)(F)F)C[C@H]1C[C@H]3[C@H](N(C)C)C(=O)C(C(N)=O)=C(O)[C@@]3(O)C(=O)C1=C2O. The number of nitrogens with two attached hydrogens (primary N) is 1. The summed E-state index contributed by atoms with van der Waals surface area (Å²) in [6.07, 6.45) is -4.03. The molecule has 4 atom stereocenters. The summed E-state index contributed by atoms with van der Waals surface area (Å²) in [6, 6.07) is -0.419. The molecule has 4 rings (SSSR count). The normalized spacial score (nSPS) is 26.4. The molecule has 1 aromatic rings. The maximum absolute atomic E-state index is 14.6. The quantitative estimate of drug-likeness (QED) is 0.304. The molecule has 1 fully saturated rings. The number of phenolic OH excluding ortho intramolecular Hbond substituents is 1. The van der Waals surface area contributed by atoms with Crippen LogP contribution in [0.2, 0.25) is 0 Å². The zero-order chi connectivity index (χ0) is 30.8. The van der Waals surface area contributed by atoms with Crippen LogP contribution in [0.25, 0.3) is 5.76 Å². The Balaban J connectivity index is 1.95. The van der Waals surface area contributed by atoms with E-state index in [1.165, 1.54) is 19.0 Å². The van der Waals surface area contributed by atoms with Gasteiger partial charge in [-0.2, -0.15) is 13.2 Å². The second-order valence-electron chi connectivity index (χ2n) is 11.3. The van der Waals surface area contributed by atoms with Crippen molar-refractivity contribution in [1.82, 2.24) is 9.80 Å². The number of phenols is 1. The zero-order valence-electron chi connectivity index (χ0n) is 23.2. The largest absolute Gasteiger partial charge is 0.508 e. The van der Waals surface area contributed by atoms with E-state index >= 15 is 0 Å². The van der Waals surface area contributed by atoms with Gasteiger partial charge in [-0.15, -0.1) is 0 Å². The van der Waals surface area contributed by atoms with Crippen molar-refractivity contribution in [2.75, 3.05) is 27.7 Å². The Kier molecular flexibility index (Phi) is 7.78. The molecule has 3 aliphatic rings. The number of carbonyl (C=O) groups excluding carboxylic acids is 3. The van der Waals surface area contributed by atoms with E-state index in [4.69, 9.17) is 5.73 Å². The van der Waals surface area contributed by atoms with Crippen molar-refractivity contribution in [3.63, 3.8) is 0 Å². The summed E-state index contributed by atoms with van der Waals surface area (Å²) in [6.45, 7) is 2.33. The van der Waals surface area contributed by atoms with Crippen molar-refractivity contribution in [2.24, 2.45) is 17.6 Å². The Hall–Kier alpha value is -3.42. The molecule has 0 saturated heterocycles. The van der Waals surface area contributed by atoms with Gasteiger partial charge in [0, 0.05) is 18.0 Å². The number of hydrogen-bond acceptors (Lipinski definition) is 9. The highest BCUT2D eigenvalue weighted by atomic mass is 19.4. The van der Waals surface area contributed by atoms with E-state index in [-0.39, 0.29) is 18.5 Å². The monoisotopic (exact) mass is 581 g/mol. The zero-order valence-corrected chi connectivity index (χ0v) is 23.2. The van der Waals surface area contributed by atoms with Crippen LogP contribution in [0, 0.1) is 11.8 Å². The molecule has 41 heavy (non-hydrogen) atoms. The first-order valence-electron chi connectivity index (χ1n) is 13.3. The van der Waals surface area contributed by atoms with Crippen molar-refractivity contribution in [3.05, 3.63) is 45.2 Å². The number of aliphatic hydroxyl groups is 3. The molecule has 1 amide bonds. The van der Waals surface area contributed by atoms with Gasteiger partial charge in [-0.25, -0.2) is 0 Å². The number of unbranched alkanes of at least 4 members (excludes halogenated alkanes) is 1. The first-order chi connectivity index (χ1) is 19.0. The molecule has 10 nitrogen and oxygen atoms in total. The van der Waals surface area contributed by atoms with E-state index in [2.05, 4.69) is 0 Å². The van der Waals surface area contributed by atoms with Crippen molar-refractivity contribution in [3.8, 4) is 5.75 Å². The van der Waals surface area contributed by atoms with Crippen molar-refractivity contribution in [1.29, 1.82) is 0 Å². The fourth-order valence-electron chi connectivity index (χ4n) is 6.66. The number of aliphatic hydroxyl groups excluding tert-OH is 2. The van der Waals surface area contributed by atoms with Crippen molar-refractivity contribution < 1.29 is 48.0 Å². The maximum atomic E-state index is 14.6. The minimum absolute atomic E-state index is 0.134. The molecule has 1 saturated carbocycles. The van der Waals surface area contributed by atoms with Crippen LogP contribution in [0.4, 0.5) is 13.2 Å². The molecule has 0 spiro atoms. The number of fused-ring (bicyclic) bond motifs is 3. The van der Waals surface area contributed by atoms with E-state index in [9.17, 15) is 48.0 Å². The number of alkyl halides is 3. The van der Waals surface area contributed by atoms with Crippen LogP contribution in [0.5, 0.6) is 5.75 Å². The highest BCUT2D eigenvalue weighted by molar-refractivity contribution is 6.24. The highest BCUT2D eigenvalue weighted by Crippen LogP contribution is 2.54. The summed E-state index contributed by atoms with van der Waals surface area (Å²) in [4.78, 5) is 42.1. The molecule has 1 aromatic carbocycles. The molecule has 6 N–H and O–H groups in total. The number of rotatable bonds is 7. The van der Waals surface area contributed by atoms with Gasteiger partial charge in [0.05, 0.1) is 17.2 Å². The van der Waals surface area contributed by atoms with E-state index in [1.807, 2.05) is 6.92 Å². The van der Waals surface area contributed by atoms with Gasteiger partial charge in [0.15, 0.2) is 11.4 Å². The molecule has 0 unspecified atom stereocenters. The number of nitrogens with zero attached hydrogens (tertiary/aromatic N) is 2. The van der Waals surface area contributed by atoms with Crippen LogP contribution in [0.1, 0.15) is 48.4 Å². The van der Waals surface area contributed by atoms with Gasteiger partial charge in [-0.05, 0) is 70.1 Å². The standard InChI is InChI=1S/C28H34F3N3O7/c1-5-6-7-34(4)11-13-10-16(35)18-14(20(13)28(29,30)31)8-12-9-15-21(33(2)3)23(37)19(26(32)40)25(39)27(15,41)24(38)17(12)22(18)36/h10,12,15,21,35-36,39,41H,5-9,11H2,1-4H3,(H2,32,40)/t12-,15-,21-,27-/m0/s1. The molecule has 224 valence electrons. The Labute approximate surface area is 234 Å². The van der Waals surface area contributed by atoms with Gasteiger partial charge in [-0.1, -0.05) is 13.3 Å². The third-order valence-electron chi connectivity index (χ3n) is 8.42. The van der Waals surface area contributed by atoms with Gasteiger partial charge in [0.1, 0.15) is 22.8 Å². The van der Waals surface area contributed by atoms with Crippen molar-refractivity contribution >= 4 is 23.2 Å². The molecule has 0 bridgehead atoms. The number of hydrogen-bond donors (Lipinski definition) is 5. The van der Waals surface area contributed by atoms with Crippen molar-refractivity contribution in [2.45, 2.75) is 57.0 Å². The van der Waals surface area contributed by atoms with Gasteiger partial charge < -0.3 is 31.1 Å². The molecule has 0 heterocycles. The van der Waals surface area contributed by atoms with Crippen LogP contribution in [0.15, 0.2) is 23.0 Å². The Morgan fingerprint density at radius 2 is 1.80 bits per heavy atom. The van der Waals surface area contributed by atoms with E-state index in [0.29, 0.717) is 6.54 Å². The third kappa shape index (κ3) is 4.69. The first kappa shape index (κ1) is 30.5. The number of aromatic hydroxyl groups is 1. The predicted octanol–water partition coefficient (Wildman–Crippen LogP) is 2.21. The molecular weight excluding hydrogens is 547 g/mol. The van der Waals surface area contributed by atoms with Crippen LogP contribution >= 0.6 is 0 Å². The van der Waals surface area contributed by atoms with Crippen LogP contribution < -0.4 is 5.73 Å². The van der Waals surface area contributed by atoms with Gasteiger partial charge in [0.25, 0.3) is 5.91 Å². The lowest BCUT2D eigenvalue weighted by Gasteiger charge is -2.50. The number of carbonyl (C=O) groups is 3. The van der Waals surface area contributed by atoms with E-state index < -0.39 is 98.7 Å². The van der Waals surface area contributed by atoms with Gasteiger partial charge >= 0.3 is 6.18 Å². The summed E-state index contributed by atoms with van der Waals surface area (Å²) < 4.78 is 43.7. The Bertz CT molecular complexity index is 1380. The third-order valence-corrected chi connectivity index (χ3v) is 8.42. The second-order valence-corrected chi connectivity index (χ2v) is 11.3. The number of amides is 1. The fourth-order valence-corrected chi connectivity index (χ4v) is 6.66. The molecule has 0 aliphatic heterocycles. The van der Waals surface area contributed by atoms with Gasteiger partial charge in [-0.3, -0.25) is 19.3 Å². The summed E-state index contributed by atoms with van der Waals surface area (Å²) in [5.74, 6) is -9.00. The van der Waals surface area contributed by atoms with Crippen LogP contribution in [0.3, 0.4) is 0 Å². The summed E-state index contributed by atoms with van der Waals surface area (Å²) in [5.41, 5.74) is -1.27. The van der Waals surface area contributed by atoms with Crippen LogP contribution in [-0.2, 0) is 33.5 Å². The van der Waals surface area contributed by atoms with E-state index in [0.717, 1.165) is 18.9 Å². The number of ketones is 2. The summed E-state index contributed by atoms with van der Waals surface area (Å²) >= 11 is 0. The van der Waals surface area contributed by atoms with Crippen LogP contribution in [-0.4, -0.2) is 87.0 Å². The maximum Gasteiger partial charge on any atom is 0.417 e. The number of benzene rings is 1. The minimum Gasteiger partial charge on any atom is -0.508 e. The molecule has 13 heteroatoms. The lowest BCUT2D eigenvalue weighted by molar-refractivity contribution is -0.153. The first-order valence-corrected chi connectivity index (χ1v) is 13.3. The highest BCUT2D eigenvalue weighted by Gasteiger charge is 2.64. The topological polar surface area (TPSA) is 165 Å². The molecule has 3 aliphatic carbocycles. The lowest BCUT2D eigenvalue weighted by Crippen LogP contribution is -2.65. The Morgan fingerprint density at radius 3 is 2.34 bits per heavy atom. The van der Waals surface area contributed by atoms with E-state index in [1.54, 1.807) is 11.9 Å². The van der Waals surface area contributed by atoms with Gasteiger partial charge in [0.2, 0.25) is 5.78 Å². The number of halogens is 3. The molecule has 0 aromatic heterocycles. The molecular formula is C28H34F3N3O7. The average molecular weight is 582 g/mol. The number of Topliss-reactive ketones (excluding diaryl/α,β-unsaturated/α-hetero) is 2. The average Bonchev–Trinajstić information content (AvgIpc) is 2.83. The summed E-state index contributed by atoms with van der Waals surface area (Å²) in [7, 11) is 4.54. The fraction of sp³-hybridized carbons (Fsp3) is 0.536. The lowest BCUT2D eigenvalue weighted by atomic mass is 9.57. The number of primary amides is 1. The smallest absolute Gasteiger partial charge is 0.417 e. The summed E-state index contributed by atoms with van der Waals surface area (Å²) in [5, 5.41) is 44.5. The molecule has 0 radical (unpaired) electrons. The predicted molar refractivity (Wildman–Crippen MR) is 140 cm³/mol. The number of likely N-dealkylation sites (N-methyl/N-ethyl adjacent to an activating group) is 1. The Morgan fingerprint density at radius 1 is 1.17 bits per heavy atom. The minimum atomic E-state index is -4.87. The second kappa shape index (κ2) is 10.4.